The standard InChI is InChI=1S/C14H18FNO2/c15-9-3-4-13-11(8-9)14-10(5-7-18-14)12(16-13)2-1-6-17/h3-4,8,10,12,14,16-17H,1-2,5-7H2/t10-,12+,14+/m1/s1. The van der Waals surface area contributed by atoms with Crippen molar-refractivity contribution in [1.29, 1.82) is 0 Å². The zero-order valence-electron chi connectivity index (χ0n) is 10.2. The molecule has 1 aromatic rings. The van der Waals surface area contributed by atoms with Gasteiger partial charge in [0.05, 0.1) is 6.10 Å². The SMILES string of the molecule is OCCC[C@@H]1Nc2ccc(F)cc2[C@H]2OCC[C@H]12. The lowest BCUT2D eigenvalue weighted by molar-refractivity contribution is 0.0810. The summed E-state index contributed by atoms with van der Waals surface area (Å²) < 4.78 is 19.1. The number of hydrogen-bond donors (Lipinski definition) is 2. The van der Waals surface area contributed by atoms with Gasteiger partial charge in [0, 0.05) is 36.4 Å². The number of aliphatic hydroxyl groups is 1. The molecule has 0 bridgehead atoms. The van der Waals surface area contributed by atoms with Crippen molar-refractivity contribution in [3.8, 4) is 0 Å². The van der Waals surface area contributed by atoms with E-state index in [2.05, 4.69) is 5.32 Å². The van der Waals surface area contributed by atoms with E-state index in [0.717, 1.165) is 37.1 Å². The largest absolute Gasteiger partial charge is 0.396 e. The van der Waals surface area contributed by atoms with Gasteiger partial charge in [-0.25, -0.2) is 4.39 Å². The van der Waals surface area contributed by atoms with Gasteiger partial charge in [0.2, 0.25) is 0 Å². The highest BCUT2D eigenvalue weighted by molar-refractivity contribution is 5.56. The minimum atomic E-state index is -0.210. The van der Waals surface area contributed by atoms with E-state index in [-0.39, 0.29) is 18.5 Å². The Balaban J connectivity index is 1.89. The van der Waals surface area contributed by atoms with Crippen molar-refractivity contribution in [1.82, 2.24) is 0 Å². The Labute approximate surface area is 106 Å². The predicted molar refractivity (Wildman–Crippen MR) is 66.9 cm³/mol. The molecular weight excluding hydrogens is 233 g/mol. The summed E-state index contributed by atoms with van der Waals surface area (Å²) in [7, 11) is 0. The Bertz CT molecular complexity index is 438. The summed E-state index contributed by atoms with van der Waals surface area (Å²) in [6, 6.07) is 5.16. The number of hydrogen-bond acceptors (Lipinski definition) is 3. The number of benzene rings is 1. The molecule has 3 atom stereocenters. The molecule has 18 heavy (non-hydrogen) atoms. The Morgan fingerprint density at radius 1 is 1.44 bits per heavy atom. The quantitative estimate of drug-likeness (QED) is 0.867. The molecule has 0 saturated carbocycles. The maximum absolute atomic E-state index is 13.3. The second-order valence-electron chi connectivity index (χ2n) is 5.09. The number of halogens is 1. The number of ether oxygens (including phenoxy) is 1. The summed E-state index contributed by atoms with van der Waals surface area (Å²) in [5.41, 5.74) is 1.92. The molecule has 0 aromatic heterocycles. The zero-order chi connectivity index (χ0) is 12.5. The van der Waals surface area contributed by atoms with Crippen molar-refractivity contribution in [2.75, 3.05) is 18.5 Å². The van der Waals surface area contributed by atoms with Crippen LogP contribution in [0.25, 0.3) is 0 Å². The summed E-state index contributed by atoms with van der Waals surface area (Å²) in [5, 5.41) is 12.4. The molecule has 98 valence electrons. The van der Waals surface area contributed by atoms with Crippen LogP contribution in [0.1, 0.15) is 30.9 Å². The van der Waals surface area contributed by atoms with Gasteiger partial charge in [-0.1, -0.05) is 0 Å². The normalized spacial score (nSPS) is 29.6. The molecule has 1 saturated heterocycles. The Hall–Kier alpha value is -1.13. The first-order valence-corrected chi connectivity index (χ1v) is 6.58. The monoisotopic (exact) mass is 251 g/mol. The van der Waals surface area contributed by atoms with Crippen LogP contribution >= 0.6 is 0 Å². The molecule has 2 N–H and O–H groups in total. The van der Waals surface area contributed by atoms with E-state index in [1.165, 1.54) is 6.07 Å². The molecule has 1 fully saturated rings. The Morgan fingerprint density at radius 2 is 2.33 bits per heavy atom. The first-order chi connectivity index (χ1) is 8.79. The number of aliphatic hydroxyl groups excluding tert-OH is 1. The van der Waals surface area contributed by atoms with Gasteiger partial charge in [-0.05, 0) is 37.5 Å². The van der Waals surface area contributed by atoms with E-state index in [1.54, 1.807) is 12.1 Å². The van der Waals surface area contributed by atoms with E-state index in [1.807, 2.05) is 0 Å². The van der Waals surface area contributed by atoms with Crippen molar-refractivity contribution in [2.24, 2.45) is 5.92 Å². The van der Waals surface area contributed by atoms with Gasteiger partial charge in [-0.2, -0.15) is 0 Å². The van der Waals surface area contributed by atoms with E-state index in [9.17, 15) is 4.39 Å². The summed E-state index contributed by atoms with van der Waals surface area (Å²) in [4.78, 5) is 0. The fraction of sp³-hybridized carbons (Fsp3) is 0.571. The van der Waals surface area contributed by atoms with E-state index in [0.29, 0.717) is 12.0 Å². The molecular formula is C14H18FNO2. The van der Waals surface area contributed by atoms with Gasteiger partial charge in [-0.3, -0.25) is 0 Å². The van der Waals surface area contributed by atoms with Crippen LogP contribution in [0.3, 0.4) is 0 Å². The molecule has 2 aliphatic heterocycles. The van der Waals surface area contributed by atoms with Crippen molar-refractivity contribution in [2.45, 2.75) is 31.4 Å². The molecule has 3 nitrogen and oxygen atoms in total. The van der Waals surface area contributed by atoms with Crippen LogP contribution in [-0.2, 0) is 4.74 Å². The number of rotatable bonds is 3. The van der Waals surface area contributed by atoms with E-state index in [4.69, 9.17) is 9.84 Å². The first-order valence-electron chi connectivity index (χ1n) is 6.58. The minimum Gasteiger partial charge on any atom is -0.396 e. The summed E-state index contributed by atoms with van der Waals surface area (Å²) in [5.74, 6) is 0.185. The highest BCUT2D eigenvalue weighted by Crippen LogP contribution is 2.45. The topological polar surface area (TPSA) is 41.5 Å². The fourth-order valence-corrected chi connectivity index (χ4v) is 3.14. The second-order valence-corrected chi connectivity index (χ2v) is 5.09. The highest BCUT2D eigenvalue weighted by Gasteiger charge is 2.40. The minimum absolute atomic E-state index is 0.0145. The summed E-state index contributed by atoms with van der Waals surface area (Å²) >= 11 is 0. The van der Waals surface area contributed by atoms with Gasteiger partial charge >= 0.3 is 0 Å². The van der Waals surface area contributed by atoms with Gasteiger partial charge in [0.15, 0.2) is 0 Å². The van der Waals surface area contributed by atoms with Crippen LogP contribution in [0, 0.1) is 11.7 Å². The summed E-state index contributed by atoms with van der Waals surface area (Å²) in [6.45, 7) is 0.954. The van der Waals surface area contributed by atoms with Crippen molar-refractivity contribution < 1.29 is 14.2 Å². The number of fused-ring (bicyclic) bond motifs is 3. The van der Waals surface area contributed by atoms with Crippen molar-refractivity contribution in [3.63, 3.8) is 0 Å². The lowest BCUT2D eigenvalue weighted by atomic mass is 9.82. The average molecular weight is 251 g/mol. The van der Waals surface area contributed by atoms with E-state index >= 15 is 0 Å². The van der Waals surface area contributed by atoms with Gasteiger partial charge in [0.1, 0.15) is 5.82 Å². The third-order valence-electron chi connectivity index (χ3n) is 3.99. The van der Waals surface area contributed by atoms with Crippen molar-refractivity contribution >= 4 is 5.69 Å². The first kappa shape index (κ1) is 11.9. The van der Waals surface area contributed by atoms with Crippen LogP contribution in [0.2, 0.25) is 0 Å². The molecule has 3 rings (SSSR count). The van der Waals surface area contributed by atoms with Crippen LogP contribution in [-0.4, -0.2) is 24.4 Å². The molecule has 0 radical (unpaired) electrons. The average Bonchev–Trinajstić information content (AvgIpc) is 2.86. The molecule has 0 aliphatic carbocycles. The fourth-order valence-electron chi connectivity index (χ4n) is 3.14. The van der Waals surface area contributed by atoms with Gasteiger partial charge < -0.3 is 15.2 Å². The van der Waals surface area contributed by atoms with Crippen LogP contribution in [0.5, 0.6) is 0 Å². The smallest absolute Gasteiger partial charge is 0.123 e. The Morgan fingerprint density at radius 3 is 3.17 bits per heavy atom. The molecule has 4 heteroatoms. The zero-order valence-corrected chi connectivity index (χ0v) is 10.2. The third-order valence-corrected chi connectivity index (χ3v) is 3.99. The summed E-state index contributed by atoms with van der Waals surface area (Å²) in [6.07, 6.45) is 2.74. The second kappa shape index (κ2) is 4.86. The molecule has 0 amide bonds. The predicted octanol–water partition coefficient (Wildman–Crippen LogP) is 2.47. The van der Waals surface area contributed by atoms with Crippen LogP contribution in [0.15, 0.2) is 18.2 Å². The van der Waals surface area contributed by atoms with Crippen LogP contribution < -0.4 is 5.32 Å². The third kappa shape index (κ3) is 1.99. The lowest BCUT2D eigenvalue weighted by Gasteiger charge is -2.36. The lowest BCUT2D eigenvalue weighted by Crippen LogP contribution is -2.36. The molecule has 0 spiro atoms. The van der Waals surface area contributed by atoms with Crippen molar-refractivity contribution in [3.05, 3.63) is 29.6 Å². The maximum atomic E-state index is 13.3. The molecule has 2 heterocycles. The maximum Gasteiger partial charge on any atom is 0.123 e. The molecule has 1 aromatic carbocycles. The number of anilines is 1. The number of nitrogens with one attached hydrogen (secondary N) is 1. The van der Waals surface area contributed by atoms with Gasteiger partial charge in [-0.15, -0.1) is 0 Å². The molecule has 0 unspecified atom stereocenters. The molecule has 2 aliphatic rings. The van der Waals surface area contributed by atoms with Gasteiger partial charge in [0.25, 0.3) is 0 Å². The Kier molecular flexibility index (Phi) is 3.22. The van der Waals surface area contributed by atoms with Crippen LogP contribution in [0.4, 0.5) is 10.1 Å². The highest BCUT2D eigenvalue weighted by atomic mass is 19.1. The van der Waals surface area contributed by atoms with E-state index < -0.39 is 0 Å².